The van der Waals surface area contributed by atoms with Gasteiger partial charge in [-0.15, -0.1) is 0 Å². The molecule has 0 unspecified atom stereocenters. The SMILES string of the molecule is CCCCC1(CC)COP(Oc2ccc(CCCC(=O)O)cc2C(C)(C)C)OC1. The van der Waals surface area contributed by atoms with Gasteiger partial charge in [-0.2, -0.15) is 0 Å². The Bertz CT molecular complexity index is 660. The monoisotopic (exact) mass is 424 g/mol. The van der Waals surface area contributed by atoms with Gasteiger partial charge in [0.25, 0.3) is 0 Å². The third kappa shape index (κ3) is 7.24. The second-order valence-electron chi connectivity index (χ2n) is 9.15. The van der Waals surface area contributed by atoms with Gasteiger partial charge in [0.2, 0.25) is 0 Å². The van der Waals surface area contributed by atoms with Gasteiger partial charge in [0.05, 0.1) is 13.2 Å². The third-order valence-corrected chi connectivity index (χ3v) is 6.67. The number of rotatable bonds is 10. The van der Waals surface area contributed by atoms with Crippen LogP contribution >= 0.6 is 8.60 Å². The van der Waals surface area contributed by atoms with Crippen molar-refractivity contribution in [3.63, 3.8) is 0 Å². The number of carboxylic acid groups (broad SMARTS) is 1. The maximum atomic E-state index is 10.8. The highest BCUT2D eigenvalue weighted by molar-refractivity contribution is 7.42. The van der Waals surface area contributed by atoms with Crippen LogP contribution in [0.2, 0.25) is 0 Å². The van der Waals surface area contributed by atoms with Crippen molar-refractivity contribution in [3.05, 3.63) is 29.3 Å². The van der Waals surface area contributed by atoms with Crippen molar-refractivity contribution in [2.45, 2.75) is 85.0 Å². The smallest absolute Gasteiger partial charge is 0.397 e. The van der Waals surface area contributed by atoms with Gasteiger partial charge in [0, 0.05) is 17.4 Å². The van der Waals surface area contributed by atoms with Crippen molar-refractivity contribution in [1.29, 1.82) is 0 Å². The molecule has 0 radical (unpaired) electrons. The van der Waals surface area contributed by atoms with Gasteiger partial charge in [-0.05, 0) is 42.7 Å². The minimum atomic E-state index is -1.40. The first-order valence-corrected chi connectivity index (χ1v) is 11.9. The van der Waals surface area contributed by atoms with E-state index in [0.29, 0.717) is 19.6 Å². The zero-order valence-corrected chi connectivity index (χ0v) is 19.5. The summed E-state index contributed by atoms with van der Waals surface area (Å²) >= 11 is 0. The fourth-order valence-electron chi connectivity index (χ4n) is 3.51. The number of hydrogen-bond acceptors (Lipinski definition) is 4. The van der Waals surface area contributed by atoms with Crippen LogP contribution in [0.15, 0.2) is 18.2 Å². The van der Waals surface area contributed by atoms with E-state index in [2.05, 4.69) is 40.7 Å². The summed E-state index contributed by atoms with van der Waals surface area (Å²) in [5, 5.41) is 8.86. The largest absolute Gasteiger partial charge is 0.481 e. The number of aliphatic carboxylic acids is 1. The molecule has 29 heavy (non-hydrogen) atoms. The van der Waals surface area contributed by atoms with Gasteiger partial charge in [0.15, 0.2) is 0 Å². The summed E-state index contributed by atoms with van der Waals surface area (Å²) in [6, 6.07) is 6.13. The van der Waals surface area contributed by atoms with Crippen molar-refractivity contribution in [1.82, 2.24) is 0 Å². The fraction of sp³-hybridized carbons (Fsp3) is 0.696. The molecule has 5 nitrogen and oxygen atoms in total. The van der Waals surface area contributed by atoms with Crippen LogP contribution in [0, 0.1) is 5.41 Å². The fourth-order valence-corrected chi connectivity index (χ4v) is 4.77. The molecule has 0 aromatic heterocycles. The van der Waals surface area contributed by atoms with Crippen molar-refractivity contribution in [2.75, 3.05) is 13.2 Å². The predicted octanol–water partition coefficient (Wildman–Crippen LogP) is 6.63. The summed E-state index contributed by atoms with van der Waals surface area (Å²) < 4.78 is 18.2. The van der Waals surface area contributed by atoms with E-state index in [1.165, 1.54) is 12.8 Å². The molecule has 1 aromatic carbocycles. The molecule has 1 heterocycles. The van der Waals surface area contributed by atoms with Crippen LogP contribution in [0.3, 0.4) is 0 Å². The second kappa shape index (κ2) is 10.7. The molecule has 0 atom stereocenters. The lowest BCUT2D eigenvalue weighted by molar-refractivity contribution is -0.137. The molecule has 1 fully saturated rings. The first-order valence-electron chi connectivity index (χ1n) is 10.8. The van der Waals surface area contributed by atoms with Crippen LogP contribution in [0.5, 0.6) is 5.75 Å². The lowest BCUT2D eigenvalue weighted by Crippen LogP contribution is -2.34. The first-order chi connectivity index (χ1) is 13.7. The number of unbranched alkanes of at least 4 members (excludes halogenated alkanes) is 1. The summed E-state index contributed by atoms with van der Waals surface area (Å²) in [6.07, 6.45) is 6.11. The van der Waals surface area contributed by atoms with E-state index < -0.39 is 14.6 Å². The summed E-state index contributed by atoms with van der Waals surface area (Å²) in [6.45, 7) is 12.2. The van der Waals surface area contributed by atoms with Crippen molar-refractivity contribution >= 4 is 14.6 Å². The van der Waals surface area contributed by atoms with E-state index in [1.807, 2.05) is 12.1 Å². The van der Waals surface area contributed by atoms with Crippen LogP contribution in [-0.2, 0) is 25.7 Å². The topological polar surface area (TPSA) is 65.0 Å². The maximum Gasteiger partial charge on any atom is 0.397 e. The lowest BCUT2D eigenvalue weighted by Gasteiger charge is -2.38. The summed E-state index contributed by atoms with van der Waals surface area (Å²) in [5.74, 6) is 0.0423. The summed E-state index contributed by atoms with van der Waals surface area (Å²) in [5.41, 5.74) is 2.24. The summed E-state index contributed by atoms with van der Waals surface area (Å²) in [7, 11) is -1.40. The van der Waals surface area contributed by atoms with E-state index in [1.54, 1.807) is 0 Å². The second-order valence-corrected chi connectivity index (χ2v) is 10.3. The van der Waals surface area contributed by atoms with E-state index in [-0.39, 0.29) is 17.3 Å². The van der Waals surface area contributed by atoms with Gasteiger partial charge in [0.1, 0.15) is 5.75 Å². The van der Waals surface area contributed by atoms with E-state index >= 15 is 0 Å². The molecular weight excluding hydrogens is 387 g/mol. The van der Waals surface area contributed by atoms with Gasteiger partial charge in [-0.1, -0.05) is 59.6 Å². The number of aryl methyl sites for hydroxylation is 1. The average molecular weight is 425 g/mol. The Morgan fingerprint density at radius 3 is 2.45 bits per heavy atom. The Balaban J connectivity index is 2.05. The Labute approximate surface area is 177 Å². The molecule has 0 bridgehead atoms. The molecule has 1 N–H and O–H groups in total. The highest BCUT2D eigenvalue weighted by atomic mass is 31.2. The molecule has 2 rings (SSSR count). The lowest BCUT2D eigenvalue weighted by atomic mass is 9.82. The standard InChI is InChI=1S/C23H37O5P/c1-6-8-14-23(7-2)16-26-29(27-17-23)28-20-13-12-18(10-9-11-21(24)25)15-19(20)22(3,4)5/h12-13,15H,6-11,14,16-17H2,1-5H3,(H,24,25). The van der Waals surface area contributed by atoms with Crippen LogP contribution in [0.1, 0.15) is 84.3 Å². The van der Waals surface area contributed by atoms with E-state index in [4.69, 9.17) is 18.7 Å². The van der Waals surface area contributed by atoms with Crippen molar-refractivity contribution in [3.8, 4) is 5.75 Å². The van der Waals surface area contributed by atoms with Crippen LogP contribution in [0.25, 0.3) is 0 Å². The highest BCUT2D eigenvalue weighted by Gasteiger charge is 2.37. The van der Waals surface area contributed by atoms with Crippen LogP contribution < -0.4 is 4.52 Å². The Morgan fingerprint density at radius 2 is 1.90 bits per heavy atom. The molecule has 1 aromatic rings. The molecule has 0 aliphatic carbocycles. The number of carboxylic acids is 1. The molecular formula is C23H37O5P. The Hall–Kier alpha value is -1.16. The normalized spacial score (nSPS) is 22.4. The van der Waals surface area contributed by atoms with Gasteiger partial charge >= 0.3 is 14.6 Å². The minimum Gasteiger partial charge on any atom is -0.481 e. The van der Waals surface area contributed by atoms with E-state index in [0.717, 1.165) is 36.1 Å². The van der Waals surface area contributed by atoms with Gasteiger partial charge in [-0.25, -0.2) is 0 Å². The molecule has 6 heteroatoms. The number of carbonyl (C=O) groups is 1. The van der Waals surface area contributed by atoms with Gasteiger partial charge in [-0.3, -0.25) is 4.79 Å². The van der Waals surface area contributed by atoms with Crippen molar-refractivity contribution in [2.24, 2.45) is 5.41 Å². The van der Waals surface area contributed by atoms with Gasteiger partial charge < -0.3 is 18.7 Å². The summed E-state index contributed by atoms with van der Waals surface area (Å²) in [4.78, 5) is 10.8. The predicted molar refractivity (Wildman–Crippen MR) is 117 cm³/mol. The highest BCUT2D eigenvalue weighted by Crippen LogP contribution is 2.51. The molecule has 1 aliphatic rings. The zero-order chi connectivity index (χ0) is 21.5. The molecule has 1 aliphatic heterocycles. The zero-order valence-electron chi connectivity index (χ0n) is 18.6. The Morgan fingerprint density at radius 1 is 1.21 bits per heavy atom. The molecule has 0 spiro atoms. The molecule has 164 valence electrons. The minimum absolute atomic E-state index is 0.0996. The molecule has 0 amide bonds. The van der Waals surface area contributed by atoms with Crippen LogP contribution in [-0.4, -0.2) is 24.3 Å². The number of hydrogen-bond donors (Lipinski definition) is 1. The molecule has 0 saturated carbocycles. The average Bonchev–Trinajstić information content (AvgIpc) is 2.67. The third-order valence-electron chi connectivity index (χ3n) is 5.64. The molecule has 1 saturated heterocycles. The first kappa shape index (κ1) is 24.1. The number of benzene rings is 1. The Kier molecular flexibility index (Phi) is 8.93. The maximum absolute atomic E-state index is 10.8. The van der Waals surface area contributed by atoms with Crippen molar-refractivity contribution < 1.29 is 23.5 Å². The quantitative estimate of drug-likeness (QED) is 0.427. The van der Waals surface area contributed by atoms with Crippen LogP contribution in [0.4, 0.5) is 0 Å². The van der Waals surface area contributed by atoms with E-state index in [9.17, 15) is 4.79 Å².